The van der Waals surface area contributed by atoms with E-state index in [-0.39, 0.29) is 11.6 Å². The van der Waals surface area contributed by atoms with Crippen LogP contribution in [0, 0.1) is 13.8 Å². The summed E-state index contributed by atoms with van der Waals surface area (Å²) in [6, 6.07) is 17.3. The van der Waals surface area contributed by atoms with Crippen LogP contribution in [-0.4, -0.2) is 56.6 Å². The van der Waals surface area contributed by atoms with E-state index in [1.165, 1.54) is 15.9 Å². The lowest BCUT2D eigenvalue weighted by atomic mass is 10.1. The van der Waals surface area contributed by atoms with Gasteiger partial charge in [-0.15, -0.1) is 0 Å². The average molecular weight is 475 g/mol. The van der Waals surface area contributed by atoms with Crippen molar-refractivity contribution in [1.29, 1.82) is 0 Å². The van der Waals surface area contributed by atoms with E-state index >= 15 is 0 Å². The Kier molecular flexibility index (Phi) is 6.12. The van der Waals surface area contributed by atoms with Gasteiger partial charge in [-0.1, -0.05) is 47.7 Å². The number of anilines is 1. The minimum atomic E-state index is -0.176. The fourth-order valence-corrected chi connectivity index (χ4v) is 5.15. The molecule has 4 aromatic rings. The number of amides is 2. The Bertz CT molecular complexity index is 1370. The van der Waals surface area contributed by atoms with Crippen LogP contribution in [0.25, 0.3) is 15.5 Å². The molecule has 0 bridgehead atoms. The van der Waals surface area contributed by atoms with E-state index in [1.807, 2.05) is 61.2 Å². The normalized spacial score (nSPS) is 14.5. The average Bonchev–Trinajstić information content (AvgIpc) is 3.24. The second-order valence-corrected chi connectivity index (χ2v) is 9.58. The lowest BCUT2D eigenvalue weighted by Crippen LogP contribution is -2.49. The maximum Gasteiger partial charge on any atom is 0.321 e. The first kappa shape index (κ1) is 22.2. The lowest BCUT2D eigenvalue weighted by molar-refractivity contribution is 0.142. The predicted octanol–water partition coefficient (Wildman–Crippen LogP) is 3.78. The van der Waals surface area contributed by atoms with Gasteiger partial charge >= 0.3 is 6.03 Å². The first-order valence-electron chi connectivity index (χ1n) is 11.3. The number of nitrogens with one attached hydrogen (secondary N) is 1. The largest absolute Gasteiger partial charge is 0.322 e. The van der Waals surface area contributed by atoms with Crippen LogP contribution < -0.4 is 10.9 Å². The van der Waals surface area contributed by atoms with E-state index in [1.54, 1.807) is 6.07 Å². The third-order valence-electron chi connectivity index (χ3n) is 5.84. The highest BCUT2D eigenvalue weighted by atomic mass is 32.1. The summed E-state index contributed by atoms with van der Waals surface area (Å²) in [7, 11) is 0. The molecule has 0 aliphatic carbocycles. The van der Waals surface area contributed by atoms with E-state index < -0.39 is 0 Å². The molecule has 0 unspecified atom stereocenters. The first-order chi connectivity index (χ1) is 16.4. The molecule has 3 heterocycles. The number of urea groups is 1. The third-order valence-corrected chi connectivity index (χ3v) is 6.79. The fraction of sp³-hybridized carbons (Fsp3) is 0.280. The Morgan fingerprint density at radius 2 is 1.71 bits per heavy atom. The Balaban J connectivity index is 1.22. The number of hydrogen-bond donors (Lipinski definition) is 1. The van der Waals surface area contributed by atoms with Crippen molar-refractivity contribution < 1.29 is 4.79 Å². The van der Waals surface area contributed by atoms with Crippen LogP contribution in [0.2, 0.25) is 0 Å². The summed E-state index contributed by atoms with van der Waals surface area (Å²) in [5, 5.41) is 8.22. The predicted molar refractivity (Wildman–Crippen MR) is 134 cm³/mol. The van der Waals surface area contributed by atoms with Gasteiger partial charge in [0.05, 0.1) is 5.69 Å². The topological polar surface area (TPSA) is 82.8 Å². The van der Waals surface area contributed by atoms with Crippen molar-refractivity contribution in [1.82, 2.24) is 24.4 Å². The van der Waals surface area contributed by atoms with Crippen LogP contribution in [0.4, 0.5) is 10.5 Å². The molecule has 1 aliphatic heterocycles. The second kappa shape index (κ2) is 9.36. The molecule has 0 saturated carbocycles. The molecule has 8 nitrogen and oxygen atoms in total. The van der Waals surface area contributed by atoms with Crippen molar-refractivity contribution in [2.45, 2.75) is 20.4 Å². The standard InChI is InChI=1S/C25H26N6O2S/c1-17-12-18(2)14-20(13-17)26-24(33)30-10-8-29(9-11-30)16-21-15-22(32)31-25(27-21)34-23(28-31)19-6-4-3-5-7-19/h3-7,12-15H,8-11,16H2,1-2H3,(H,26,33). The summed E-state index contributed by atoms with van der Waals surface area (Å²) in [6.45, 7) is 7.29. The van der Waals surface area contributed by atoms with Crippen LogP contribution in [0.3, 0.4) is 0 Å². The summed E-state index contributed by atoms with van der Waals surface area (Å²) >= 11 is 1.41. The number of piperazine rings is 1. The molecule has 9 heteroatoms. The van der Waals surface area contributed by atoms with Crippen molar-refractivity contribution >= 4 is 28.0 Å². The monoisotopic (exact) mass is 474 g/mol. The van der Waals surface area contributed by atoms with Gasteiger partial charge in [0, 0.05) is 50.0 Å². The van der Waals surface area contributed by atoms with E-state index in [2.05, 4.69) is 26.4 Å². The summed E-state index contributed by atoms with van der Waals surface area (Å²) in [5.41, 5.74) is 4.58. The number of carbonyl (C=O) groups is 1. The molecule has 5 rings (SSSR count). The summed E-state index contributed by atoms with van der Waals surface area (Å²) in [6.07, 6.45) is 0. The first-order valence-corrected chi connectivity index (χ1v) is 12.1. The molecule has 0 spiro atoms. The number of aryl methyl sites for hydroxylation is 2. The Hall–Kier alpha value is -3.56. The van der Waals surface area contributed by atoms with Gasteiger partial charge in [0.15, 0.2) is 0 Å². The van der Waals surface area contributed by atoms with Gasteiger partial charge in [0.1, 0.15) is 5.01 Å². The van der Waals surface area contributed by atoms with Gasteiger partial charge in [-0.05, 0) is 37.1 Å². The molecular formula is C25H26N6O2S. The van der Waals surface area contributed by atoms with Gasteiger partial charge in [0.2, 0.25) is 4.96 Å². The van der Waals surface area contributed by atoms with Gasteiger partial charge in [0.25, 0.3) is 5.56 Å². The number of fused-ring (bicyclic) bond motifs is 1. The molecule has 0 radical (unpaired) electrons. The van der Waals surface area contributed by atoms with Crippen molar-refractivity contribution in [2.75, 3.05) is 31.5 Å². The van der Waals surface area contributed by atoms with Crippen LogP contribution in [0.15, 0.2) is 59.4 Å². The minimum Gasteiger partial charge on any atom is -0.322 e. The quantitative estimate of drug-likeness (QED) is 0.487. The molecule has 34 heavy (non-hydrogen) atoms. The molecule has 1 N–H and O–H groups in total. The zero-order valence-corrected chi connectivity index (χ0v) is 20.0. The Morgan fingerprint density at radius 3 is 2.41 bits per heavy atom. The molecule has 2 amide bonds. The summed E-state index contributed by atoms with van der Waals surface area (Å²) in [5.74, 6) is 0. The molecule has 174 valence electrons. The van der Waals surface area contributed by atoms with Crippen molar-refractivity contribution in [3.8, 4) is 10.6 Å². The number of nitrogens with zero attached hydrogens (tertiary/aromatic N) is 5. The van der Waals surface area contributed by atoms with Gasteiger partial charge in [-0.3, -0.25) is 9.69 Å². The van der Waals surface area contributed by atoms with E-state index in [0.717, 1.165) is 46.2 Å². The van der Waals surface area contributed by atoms with Crippen molar-refractivity contribution in [3.63, 3.8) is 0 Å². The molecule has 2 aromatic heterocycles. The van der Waals surface area contributed by atoms with Crippen LogP contribution in [-0.2, 0) is 6.54 Å². The third kappa shape index (κ3) is 4.85. The molecule has 1 saturated heterocycles. The molecule has 1 fully saturated rings. The lowest BCUT2D eigenvalue weighted by Gasteiger charge is -2.34. The number of hydrogen-bond acceptors (Lipinski definition) is 6. The van der Waals surface area contributed by atoms with E-state index in [4.69, 9.17) is 0 Å². The minimum absolute atomic E-state index is 0.0828. The molecule has 0 atom stereocenters. The van der Waals surface area contributed by atoms with Gasteiger partial charge in [-0.2, -0.15) is 9.61 Å². The number of aromatic nitrogens is 3. The Morgan fingerprint density at radius 1 is 1.00 bits per heavy atom. The van der Waals surface area contributed by atoms with Gasteiger partial charge in [-0.25, -0.2) is 9.78 Å². The maximum absolute atomic E-state index is 12.7. The zero-order chi connectivity index (χ0) is 23.7. The van der Waals surface area contributed by atoms with Crippen LogP contribution in [0.5, 0.6) is 0 Å². The van der Waals surface area contributed by atoms with Crippen LogP contribution >= 0.6 is 11.3 Å². The Labute approximate surface area is 201 Å². The van der Waals surface area contributed by atoms with Crippen LogP contribution in [0.1, 0.15) is 16.8 Å². The SMILES string of the molecule is Cc1cc(C)cc(NC(=O)N2CCN(Cc3cc(=O)n4nc(-c5ccccc5)sc4n3)CC2)c1. The highest BCUT2D eigenvalue weighted by Crippen LogP contribution is 2.24. The molecule has 1 aliphatic rings. The maximum atomic E-state index is 12.7. The van der Waals surface area contributed by atoms with E-state index in [9.17, 15) is 9.59 Å². The smallest absolute Gasteiger partial charge is 0.321 e. The second-order valence-electron chi connectivity index (χ2n) is 8.62. The highest BCUT2D eigenvalue weighted by molar-refractivity contribution is 7.19. The van der Waals surface area contributed by atoms with Crippen molar-refractivity contribution in [2.24, 2.45) is 0 Å². The highest BCUT2D eigenvalue weighted by Gasteiger charge is 2.22. The number of carbonyl (C=O) groups excluding carboxylic acids is 1. The fourth-order valence-electron chi connectivity index (χ4n) is 4.22. The summed E-state index contributed by atoms with van der Waals surface area (Å²) < 4.78 is 1.37. The van der Waals surface area contributed by atoms with Crippen molar-refractivity contribution in [3.05, 3.63) is 81.8 Å². The zero-order valence-electron chi connectivity index (χ0n) is 19.2. The van der Waals surface area contributed by atoms with Gasteiger partial charge < -0.3 is 10.2 Å². The molecular weight excluding hydrogens is 448 g/mol. The molecule has 2 aromatic carbocycles. The number of benzene rings is 2. The van der Waals surface area contributed by atoms with E-state index in [0.29, 0.717) is 24.6 Å². The summed E-state index contributed by atoms with van der Waals surface area (Å²) in [4.78, 5) is 34.7. The number of rotatable bonds is 4.